The highest BCUT2D eigenvalue weighted by Crippen LogP contribution is 2.25. The van der Waals surface area contributed by atoms with Crippen molar-refractivity contribution in [3.05, 3.63) is 71.8 Å². The van der Waals surface area contributed by atoms with Crippen LogP contribution in [0.25, 0.3) is 0 Å². The van der Waals surface area contributed by atoms with Gasteiger partial charge in [0.1, 0.15) is 12.7 Å². The molecule has 2 aromatic carbocycles. The van der Waals surface area contributed by atoms with Gasteiger partial charge in [-0.05, 0) is 24.0 Å². The Labute approximate surface area is 182 Å². The highest BCUT2D eigenvalue weighted by atomic mass is 16.5. The molecule has 2 aliphatic rings. The molecule has 0 radical (unpaired) electrons. The number of hydrogen-bond acceptors (Lipinski definition) is 4. The Hall–Kier alpha value is -3.19. The molecule has 162 valence electrons. The molecule has 7 heteroatoms. The minimum absolute atomic E-state index is 0.0510. The maximum Gasteiger partial charge on any atom is 0.312 e. The first-order valence-electron chi connectivity index (χ1n) is 10.7. The molecule has 7 nitrogen and oxygen atoms in total. The zero-order valence-corrected chi connectivity index (χ0v) is 17.4. The molecule has 0 bridgehead atoms. The van der Waals surface area contributed by atoms with E-state index < -0.39 is 11.8 Å². The van der Waals surface area contributed by atoms with Crippen LogP contribution < -0.4 is 5.32 Å². The highest BCUT2D eigenvalue weighted by Gasteiger charge is 2.31. The number of amides is 3. The van der Waals surface area contributed by atoms with Crippen LogP contribution in [0.3, 0.4) is 0 Å². The van der Waals surface area contributed by atoms with Gasteiger partial charge in [0.05, 0.1) is 0 Å². The summed E-state index contributed by atoms with van der Waals surface area (Å²) in [6.07, 6.45) is 1.54. The number of rotatable bonds is 6. The molecule has 2 aromatic rings. The Balaban J connectivity index is 1.30. The fourth-order valence-corrected chi connectivity index (χ4v) is 3.66. The van der Waals surface area contributed by atoms with Crippen LogP contribution in [0.1, 0.15) is 30.1 Å². The third-order valence-electron chi connectivity index (χ3n) is 5.60. The Morgan fingerprint density at radius 1 is 0.839 bits per heavy atom. The van der Waals surface area contributed by atoms with Crippen LogP contribution in [0.5, 0.6) is 0 Å². The molecular formula is C24H27N3O4. The van der Waals surface area contributed by atoms with Gasteiger partial charge < -0.3 is 19.9 Å². The maximum absolute atomic E-state index is 12.7. The minimum Gasteiger partial charge on any atom is -0.359 e. The van der Waals surface area contributed by atoms with Gasteiger partial charge in [0.2, 0.25) is 5.91 Å². The summed E-state index contributed by atoms with van der Waals surface area (Å²) >= 11 is 0. The molecule has 4 rings (SSSR count). The Morgan fingerprint density at radius 2 is 1.35 bits per heavy atom. The first kappa shape index (κ1) is 21.1. The quantitative estimate of drug-likeness (QED) is 0.721. The van der Waals surface area contributed by atoms with Crippen molar-refractivity contribution in [1.82, 2.24) is 15.1 Å². The average molecular weight is 421 g/mol. The van der Waals surface area contributed by atoms with E-state index in [1.165, 1.54) is 4.90 Å². The Morgan fingerprint density at radius 3 is 1.87 bits per heavy atom. The molecule has 1 heterocycles. The second-order valence-electron chi connectivity index (χ2n) is 7.93. The van der Waals surface area contributed by atoms with Crippen LogP contribution in [0.15, 0.2) is 60.7 Å². The van der Waals surface area contributed by atoms with E-state index in [1.54, 1.807) is 4.90 Å². The molecular weight excluding hydrogens is 394 g/mol. The van der Waals surface area contributed by atoms with E-state index in [-0.39, 0.29) is 24.7 Å². The van der Waals surface area contributed by atoms with Gasteiger partial charge in [-0.1, -0.05) is 60.7 Å². The summed E-state index contributed by atoms with van der Waals surface area (Å²) in [4.78, 5) is 40.2. The summed E-state index contributed by atoms with van der Waals surface area (Å²) in [6.45, 7) is 1.44. The van der Waals surface area contributed by atoms with Crippen LogP contribution in [-0.2, 0) is 19.1 Å². The predicted octanol–water partition coefficient (Wildman–Crippen LogP) is 1.74. The lowest BCUT2D eigenvalue weighted by Gasteiger charge is -2.34. The van der Waals surface area contributed by atoms with Crippen molar-refractivity contribution >= 4 is 17.7 Å². The molecule has 1 saturated carbocycles. The summed E-state index contributed by atoms with van der Waals surface area (Å²) < 4.78 is 6.06. The molecule has 0 unspecified atom stereocenters. The van der Waals surface area contributed by atoms with E-state index in [4.69, 9.17) is 4.74 Å². The normalized spacial score (nSPS) is 16.3. The van der Waals surface area contributed by atoms with Crippen LogP contribution in [-0.4, -0.2) is 66.3 Å². The zero-order valence-electron chi connectivity index (χ0n) is 17.4. The topological polar surface area (TPSA) is 79.0 Å². The van der Waals surface area contributed by atoms with Gasteiger partial charge in [0.25, 0.3) is 0 Å². The third kappa shape index (κ3) is 5.49. The van der Waals surface area contributed by atoms with Gasteiger partial charge in [0, 0.05) is 32.2 Å². The molecule has 1 saturated heterocycles. The lowest BCUT2D eigenvalue weighted by Crippen LogP contribution is -2.54. The molecule has 1 N–H and O–H groups in total. The number of nitrogens with zero attached hydrogens (tertiary/aromatic N) is 2. The number of hydrogen-bond donors (Lipinski definition) is 1. The number of piperazine rings is 1. The first-order chi connectivity index (χ1) is 15.1. The summed E-state index contributed by atoms with van der Waals surface area (Å²) in [5.74, 6) is -1.17. The smallest absolute Gasteiger partial charge is 0.312 e. The van der Waals surface area contributed by atoms with Crippen molar-refractivity contribution in [3.8, 4) is 0 Å². The van der Waals surface area contributed by atoms with Crippen LogP contribution in [0.2, 0.25) is 0 Å². The fraction of sp³-hybridized carbons (Fsp3) is 0.375. The van der Waals surface area contributed by atoms with Crippen molar-refractivity contribution in [2.75, 3.05) is 32.8 Å². The summed E-state index contributed by atoms with van der Waals surface area (Å²) in [5.41, 5.74) is 1.97. The lowest BCUT2D eigenvalue weighted by atomic mass is 10.0. The van der Waals surface area contributed by atoms with Crippen LogP contribution in [0, 0.1) is 0 Å². The number of carbonyl (C=O) groups excluding carboxylic acids is 3. The largest absolute Gasteiger partial charge is 0.359 e. The van der Waals surface area contributed by atoms with Crippen LogP contribution in [0.4, 0.5) is 0 Å². The van der Waals surface area contributed by atoms with E-state index in [1.807, 2.05) is 60.7 Å². The molecule has 0 atom stereocenters. The van der Waals surface area contributed by atoms with Crippen molar-refractivity contribution < 1.29 is 19.1 Å². The first-order valence-corrected chi connectivity index (χ1v) is 10.7. The lowest BCUT2D eigenvalue weighted by molar-refractivity contribution is -0.149. The number of nitrogens with one attached hydrogen (secondary N) is 1. The third-order valence-corrected chi connectivity index (χ3v) is 5.60. The van der Waals surface area contributed by atoms with E-state index in [9.17, 15) is 14.4 Å². The molecule has 0 spiro atoms. The number of carbonyl (C=O) groups is 3. The van der Waals surface area contributed by atoms with Crippen molar-refractivity contribution in [3.63, 3.8) is 0 Å². The molecule has 3 amide bonds. The molecule has 31 heavy (non-hydrogen) atoms. The van der Waals surface area contributed by atoms with E-state index in [2.05, 4.69) is 5.32 Å². The van der Waals surface area contributed by atoms with Gasteiger partial charge >= 0.3 is 11.8 Å². The number of ether oxygens (including phenoxy) is 1. The maximum atomic E-state index is 12.7. The SMILES string of the molecule is O=C(NC1CC1)C(=O)N1CCN(C(=O)COC(c2ccccc2)c2ccccc2)CC1. The van der Waals surface area contributed by atoms with Gasteiger partial charge in [-0.2, -0.15) is 0 Å². The molecule has 2 fully saturated rings. The van der Waals surface area contributed by atoms with Crippen molar-refractivity contribution in [2.45, 2.75) is 25.0 Å². The Bertz CT molecular complexity index is 867. The van der Waals surface area contributed by atoms with Gasteiger partial charge in [-0.15, -0.1) is 0 Å². The van der Waals surface area contributed by atoms with E-state index >= 15 is 0 Å². The van der Waals surface area contributed by atoms with Crippen molar-refractivity contribution in [1.29, 1.82) is 0 Å². The highest BCUT2D eigenvalue weighted by molar-refractivity contribution is 6.35. The monoisotopic (exact) mass is 421 g/mol. The van der Waals surface area contributed by atoms with Crippen molar-refractivity contribution in [2.24, 2.45) is 0 Å². The van der Waals surface area contributed by atoms with Gasteiger partial charge in [-0.25, -0.2) is 0 Å². The summed E-state index contributed by atoms with van der Waals surface area (Å²) in [5, 5.41) is 2.72. The number of benzene rings is 2. The summed E-state index contributed by atoms with van der Waals surface area (Å²) in [6, 6.07) is 19.8. The van der Waals surface area contributed by atoms with Gasteiger partial charge in [-0.3, -0.25) is 14.4 Å². The van der Waals surface area contributed by atoms with E-state index in [0.29, 0.717) is 26.2 Å². The second-order valence-corrected chi connectivity index (χ2v) is 7.93. The van der Waals surface area contributed by atoms with Crippen LogP contribution >= 0.6 is 0 Å². The molecule has 0 aromatic heterocycles. The second kappa shape index (κ2) is 9.75. The Kier molecular flexibility index (Phi) is 6.62. The molecule has 1 aliphatic heterocycles. The standard InChI is InChI=1S/C24H27N3O4/c28-21(26-13-15-27(16-14-26)24(30)23(29)25-20-11-12-20)17-31-22(18-7-3-1-4-8-18)19-9-5-2-6-10-19/h1-10,20,22H,11-17H2,(H,25,29). The minimum atomic E-state index is -0.542. The van der Waals surface area contributed by atoms with Gasteiger partial charge in [0.15, 0.2) is 0 Å². The molecule has 1 aliphatic carbocycles. The summed E-state index contributed by atoms with van der Waals surface area (Å²) in [7, 11) is 0. The zero-order chi connectivity index (χ0) is 21.6. The predicted molar refractivity (Wildman–Crippen MR) is 115 cm³/mol. The van der Waals surface area contributed by atoms with E-state index in [0.717, 1.165) is 24.0 Å². The fourth-order valence-electron chi connectivity index (χ4n) is 3.66. The average Bonchev–Trinajstić information content (AvgIpc) is 3.64.